The molecule has 0 atom stereocenters. The fraction of sp³-hybridized carbons (Fsp3) is 0.217. The van der Waals surface area contributed by atoms with Crippen molar-refractivity contribution in [3.63, 3.8) is 0 Å². The van der Waals surface area contributed by atoms with Crippen molar-refractivity contribution in [3.05, 3.63) is 60.3 Å². The SMILES string of the molecule is CCCCOc1ccc2c(c1)c1ccnc(-c3ccccc3C)c1n2C=O. The van der Waals surface area contributed by atoms with Gasteiger partial charge in [-0.05, 0) is 43.2 Å². The lowest BCUT2D eigenvalue weighted by Gasteiger charge is -2.07. The number of nitrogens with zero attached hydrogens (tertiary/aromatic N) is 2. The molecule has 2 heterocycles. The lowest BCUT2D eigenvalue weighted by atomic mass is 10.0. The summed E-state index contributed by atoms with van der Waals surface area (Å²) in [5.74, 6) is 0.829. The van der Waals surface area contributed by atoms with E-state index in [2.05, 4.69) is 24.9 Å². The Hall–Kier alpha value is -3.14. The molecule has 0 bridgehead atoms. The Labute approximate surface area is 158 Å². The summed E-state index contributed by atoms with van der Waals surface area (Å²) in [4.78, 5) is 16.6. The molecule has 136 valence electrons. The van der Waals surface area contributed by atoms with Crippen LogP contribution in [0.15, 0.2) is 54.7 Å². The minimum atomic E-state index is 0.699. The third kappa shape index (κ3) is 2.97. The average Bonchev–Trinajstić information content (AvgIpc) is 3.02. The summed E-state index contributed by atoms with van der Waals surface area (Å²) in [6.07, 6.45) is 4.79. The van der Waals surface area contributed by atoms with Gasteiger partial charge in [0.1, 0.15) is 5.75 Å². The molecule has 0 aliphatic rings. The first-order valence-corrected chi connectivity index (χ1v) is 9.31. The predicted molar refractivity (Wildman–Crippen MR) is 110 cm³/mol. The molecule has 2 aromatic heterocycles. The van der Waals surface area contributed by atoms with Gasteiger partial charge in [0.2, 0.25) is 6.41 Å². The zero-order valence-corrected chi connectivity index (χ0v) is 15.6. The lowest BCUT2D eigenvalue weighted by molar-refractivity contribution is 0.310. The van der Waals surface area contributed by atoms with E-state index in [0.717, 1.165) is 63.6 Å². The van der Waals surface area contributed by atoms with E-state index in [0.29, 0.717) is 6.61 Å². The van der Waals surface area contributed by atoms with Crippen molar-refractivity contribution in [1.82, 2.24) is 9.55 Å². The summed E-state index contributed by atoms with van der Waals surface area (Å²) in [5, 5.41) is 2.01. The summed E-state index contributed by atoms with van der Waals surface area (Å²) >= 11 is 0. The van der Waals surface area contributed by atoms with Gasteiger partial charge in [0.05, 0.1) is 23.3 Å². The van der Waals surface area contributed by atoms with E-state index in [1.54, 1.807) is 4.57 Å². The Morgan fingerprint density at radius 3 is 2.74 bits per heavy atom. The Morgan fingerprint density at radius 2 is 1.96 bits per heavy atom. The van der Waals surface area contributed by atoms with Gasteiger partial charge in [0, 0.05) is 22.5 Å². The first-order valence-electron chi connectivity index (χ1n) is 9.31. The predicted octanol–water partition coefficient (Wildman–Crippen LogP) is 5.38. The second kappa shape index (κ2) is 7.23. The number of hydrogen-bond acceptors (Lipinski definition) is 3. The van der Waals surface area contributed by atoms with Crippen LogP contribution in [0.3, 0.4) is 0 Å². The van der Waals surface area contributed by atoms with E-state index in [4.69, 9.17) is 4.74 Å². The molecule has 4 aromatic rings. The Bertz CT molecular complexity index is 1130. The highest BCUT2D eigenvalue weighted by molar-refractivity contribution is 6.15. The smallest absolute Gasteiger partial charge is 0.218 e. The van der Waals surface area contributed by atoms with E-state index in [1.807, 2.05) is 48.7 Å². The van der Waals surface area contributed by atoms with E-state index in [9.17, 15) is 4.79 Å². The minimum Gasteiger partial charge on any atom is -0.494 e. The summed E-state index contributed by atoms with van der Waals surface area (Å²) in [6.45, 7) is 4.90. The first kappa shape index (κ1) is 17.3. The summed E-state index contributed by atoms with van der Waals surface area (Å²) in [5.41, 5.74) is 4.69. The summed E-state index contributed by atoms with van der Waals surface area (Å²) in [6, 6.07) is 16.0. The molecule has 27 heavy (non-hydrogen) atoms. The van der Waals surface area contributed by atoms with Crippen LogP contribution < -0.4 is 4.74 Å². The van der Waals surface area contributed by atoms with Gasteiger partial charge in [-0.15, -0.1) is 0 Å². The number of unbranched alkanes of at least 4 members (excludes halogenated alkanes) is 1. The number of benzene rings is 2. The molecule has 0 N–H and O–H groups in total. The topological polar surface area (TPSA) is 44.1 Å². The van der Waals surface area contributed by atoms with Crippen LogP contribution >= 0.6 is 0 Å². The minimum absolute atomic E-state index is 0.699. The normalized spacial score (nSPS) is 11.2. The number of ether oxygens (including phenoxy) is 1. The van der Waals surface area contributed by atoms with E-state index in [1.165, 1.54) is 0 Å². The van der Waals surface area contributed by atoms with E-state index in [-0.39, 0.29) is 0 Å². The summed E-state index contributed by atoms with van der Waals surface area (Å²) in [7, 11) is 0. The van der Waals surface area contributed by atoms with Gasteiger partial charge in [0.15, 0.2) is 0 Å². The summed E-state index contributed by atoms with van der Waals surface area (Å²) < 4.78 is 7.56. The number of hydrogen-bond donors (Lipinski definition) is 0. The van der Waals surface area contributed by atoms with Crippen molar-refractivity contribution in [2.45, 2.75) is 26.7 Å². The van der Waals surface area contributed by atoms with Crippen molar-refractivity contribution in [1.29, 1.82) is 0 Å². The van der Waals surface area contributed by atoms with E-state index >= 15 is 0 Å². The van der Waals surface area contributed by atoms with Gasteiger partial charge in [-0.2, -0.15) is 0 Å². The van der Waals surface area contributed by atoms with Gasteiger partial charge in [-0.3, -0.25) is 14.3 Å². The molecule has 0 spiro atoms. The zero-order valence-electron chi connectivity index (χ0n) is 15.6. The molecule has 0 aliphatic heterocycles. The van der Waals surface area contributed by atoms with Crippen molar-refractivity contribution in [3.8, 4) is 17.0 Å². The van der Waals surface area contributed by atoms with Crippen LogP contribution in [0.5, 0.6) is 5.75 Å². The maximum atomic E-state index is 12.0. The quantitative estimate of drug-likeness (QED) is 0.343. The standard InChI is InChI=1S/C23H22N2O2/c1-3-4-13-27-17-9-10-21-20(14-17)19-11-12-24-22(23(19)25(21)15-26)18-8-6-5-7-16(18)2/h5-12,14-15H,3-4,13H2,1-2H3. The second-order valence-electron chi connectivity index (χ2n) is 6.73. The molecule has 0 unspecified atom stereocenters. The van der Waals surface area contributed by atoms with Gasteiger partial charge in [-0.1, -0.05) is 37.6 Å². The zero-order chi connectivity index (χ0) is 18.8. The van der Waals surface area contributed by atoms with Crippen LogP contribution in [0, 0.1) is 6.92 Å². The maximum absolute atomic E-state index is 12.0. The average molecular weight is 358 g/mol. The third-order valence-electron chi connectivity index (χ3n) is 4.96. The van der Waals surface area contributed by atoms with Crippen LogP contribution in [0.2, 0.25) is 0 Å². The fourth-order valence-electron chi connectivity index (χ4n) is 3.55. The highest BCUT2D eigenvalue weighted by Crippen LogP contribution is 2.36. The highest BCUT2D eigenvalue weighted by Gasteiger charge is 2.17. The van der Waals surface area contributed by atoms with Gasteiger partial charge in [-0.25, -0.2) is 0 Å². The fourth-order valence-corrected chi connectivity index (χ4v) is 3.55. The number of aromatic nitrogens is 2. The Balaban J connectivity index is 1.97. The molecule has 4 heteroatoms. The Morgan fingerprint density at radius 1 is 1.11 bits per heavy atom. The third-order valence-corrected chi connectivity index (χ3v) is 4.96. The van der Waals surface area contributed by atoms with Crippen LogP contribution in [-0.4, -0.2) is 22.6 Å². The highest BCUT2D eigenvalue weighted by atomic mass is 16.5. The van der Waals surface area contributed by atoms with Crippen LogP contribution in [-0.2, 0) is 4.79 Å². The molecule has 0 fully saturated rings. The molecule has 0 aliphatic carbocycles. The molecule has 0 radical (unpaired) electrons. The lowest BCUT2D eigenvalue weighted by Crippen LogP contribution is -1.98. The van der Waals surface area contributed by atoms with E-state index < -0.39 is 0 Å². The number of pyridine rings is 1. The molecular weight excluding hydrogens is 336 g/mol. The maximum Gasteiger partial charge on any atom is 0.218 e. The van der Waals surface area contributed by atoms with Crippen molar-refractivity contribution >= 4 is 28.2 Å². The van der Waals surface area contributed by atoms with Crippen molar-refractivity contribution < 1.29 is 9.53 Å². The largest absolute Gasteiger partial charge is 0.494 e. The van der Waals surface area contributed by atoms with Crippen LogP contribution in [0.1, 0.15) is 25.3 Å². The number of aryl methyl sites for hydroxylation is 1. The molecule has 4 nitrogen and oxygen atoms in total. The van der Waals surface area contributed by atoms with Gasteiger partial charge in [0.25, 0.3) is 0 Å². The van der Waals surface area contributed by atoms with Crippen molar-refractivity contribution in [2.75, 3.05) is 6.61 Å². The molecular formula is C23H22N2O2. The number of carbonyl (C=O) groups is 1. The first-order chi connectivity index (χ1) is 13.2. The number of carbonyl (C=O) groups excluding carboxylic acids is 1. The van der Waals surface area contributed by atoms with Gasteiger partial charge < -0.3 is 4.74 Å². The monoisotopic (exact) mass is 358 g/mol. The molecule has 4 rings (SSSR count). The Kier molecular flexibility index (Phi) is 4.63. The van der Waals surface area contributed by atoms with Gasteiger partial charge >= 0.3 is 0 Å². The molecule has 0 saturated carbocycles. The number of rotatable bonds is 6. The van der Waals surface area contributed by atoms with Crippen LogP contribution in [0.4, 0.5) is 0 Å². The molecule has 2 aromatic carbocycles. The van der Waals surface area contributed by atoms with Crippen LogP contribution in [0.25, 0.3) is 33.1 Å². The molecule has 0 saturated heterocycles. The molecule has 0 amide bonds. The second-order valence-corrected chi connectivity index (χ2v) is 6.73. The number of fused-ring (bicyclic) bond motifs is 3. The van der Waals surface area contributed by atoms with Crippen molar-refractivity contribution in [2.24, 2.45) is 0 Å².